The van der Waals surface area contributed by atoms with Crippen LogP contribution in [0.2, 0.25) is 0 Å². The van der Waals surface area contributed by atoms with Crippen molar-refractivity contribution in [1.29, 1.82) is 0 Å². The number of thioether (sulfide) groups is 1. The highest BCUT2D eigenvalue weighted by molar-refractivity contribution is 7.99. The summed E-state index contributed by atoms with van der Waals surface area (Å²) >= 11 is 1.95. The number of rotatable bonds is 5. The van der Waals surface area contributed by atoms with Gasteiger partial charge in [-0.15, -0.1) is 24.2 Å². The molecule has 2 nitrogen and oxygen atoms in total. The van der Waals surface area contributed by atoms with Crippen LogP contribution in [0.4, 0.5) is 0 Å². The van der Waals surface area contributed by atoms with Gasteiger partial charge >= 0.3 is 0 Å². The molecule has 1 aromatic carbocycles. The molecule has 0 bridgehead atoms. The lowest BCUT2D eigenvalue weighted by Gasteiger charge is -2.34. The number of nitrogens with zero attached hydrogens (tertiary/aromatic N) is 1. The summed E-state index contributed by atoms with van der Waals surface area (Å²) in [5.41, 5.74) is 6.02. The van der Waals surface area contributed by atoms with Crippen molar-refractivity contribution in [1.82, 2.24) is 4.90 Å². The highest BCUT2D eigenvalue weighted by atomic mass is 35.5. The molecule has 1 aromatic rings. The lowest BCUT2D eigenvalue weighted by atomic mass is 9.92. The zero-order valence-corrected chi connectivity index (χ0v) is 13.3. The van der Waals surface area contributed by atoms with E-state index in [1.165, 1.54) is 43.1 Å². The van der Waals surface area contributed by atoms with E-state index in [4.69, 9.17) is 5.73 Å². The topological polar surface area (TPSA) is 29.3 Å². The van der Waals surface area contributed by atoms with Crippen molar-refractivity contribution in [2.75, 3.05) is 25.4 Å². The Morgan fingerprint density at radius 3 is 2.79 bits per heavy atom. The summed E-state index contributed by atoms with van der Waals surface area (Å²) in [5, 5.41) is 0. The van der Waals surface area contributed by atoms with E-state index in [9.17, 15) is 0 Å². The molecule has 1 heterocycles. The van der Waals surface area contributed by atoms with Gasteiger partial charge in [0, 0.05) is 29.8 Å². The van der Waals surface area contributed by atoms with Crippen molar-refractivity contribution in [3.8, 4) is 0 Å². The molecule has 1 aliphatic rings. The molecule has 0 spiro atoms. The average molecular weight is 301 g/mol. The Balaban J connectivity index is 0.00000180. The van der Waals surface area contributed by atoms with Crippen LogP contribution < -0.4 is 5.73 Å². The predicted octanol–water partition coefficient (Wildman–Crippen LogP) is 3.26. The van der Waals surface area contributed by atoms with Gasteiger partial charge in [0.05, 0.1) is 0 Å². The normalized spacial score (nSPS) is 21.7. The lowest BCUT2D eigenvalue weighted by Crippen LogP contribution is -2.43. The summed E-state index contributed by atoms with van der Waals surface area (Å²) in [6.45, 7) is 5.77. The average Bonchev–Trinajstić information content (AvgIpc) is 2.40. The van der Waals surface area contributed by atoms with Crippen LogP contribution in [0.1, 0.15) is 19.8 Å². The van der Waals surface area contributed by atoms with Crippen molar-refractivity contribution >= 4 is 24.2 Å². The van der Waals surface area contributed by atoms with Crippen LogP contribution >= 0.6 is 24.2 Å². The molecule has 108 valence electrons. The van der Waals surface area contributed by atoms with Crippen LogP contribution in [0, 0.1) is 5.92 Å². The first-order chi connectivity index (χ1) is 8.75. The van der Waals surface area contributed by atoms with Crippen molar-refractivity contribution in [2.24, 2.45) is 11.7 Å². The molecular formula is C15H25ClN2S. The van der Waals surface area contributed by atoms with E-state index in [1.807, 2.05) is 11.8 Å². The number of hydrogen-bond donors (Lipinski definition) is 1. The van der Waals surface area contributed by atoms with Crippen LogP contribution in [0.15, 0.2) is 35.2 Å². The Bertz CT molecular complexity index is 345. The minimum absolute atomic E-state index is 0. The maximum Gasteiger partial charge on any atom is 0.0108 e. The zero-order chi connectivity index (χ0) is 12.8. The molecule has 1 saturated heterocycles. The van der Waals surface area contributed by atoms with Gasteiger partial charge < -0.3 is 10.6 Å². The molecule has 0 amide bonds. The molecule has 19 heavy (non-hydrogen) atoms. The molecule has 1 fully saturated rings. The van der Waals surface area contributed by atoms with Gasteiger partial charge in [0.2, 0.25) is 0 Å². The summed E-state index contributed by atoms with van der Waals surface area (Å²) in [7, 11) is 0. The van der Waals surface area contributed by atoms with Gasteiger partial charge in [0.25, 0.3) is 0 Å². The molecule has 1 aliphatic heterocycles. The number of likely N-dealkylation sites (tertiary alicyclic amines) is 1. The second-order valence-corrected chi connectivity index (χ2v) is 6.39. The van der Waals surface area contributed by atoms with Crippen LogP contribution in [0.3, 0.4) is 0 Å². The van der Waals surface area contributed by atoms with E-state index in [0.29, 0.717) is 12.0 Å². The summed E-state index contributed by atoms with van der Waals surface area (Å²) < 4.78 is 0. The van der Waals surface area contributed by atoms with Crippen molar-refractivity contribution in [2.45, 2.75) is 30.7 Å². The molecule has 2 rings (SSSR count). The zero-order valence-electron chi connectivity index (χ0n) is 11.6. The second-order valence-electron chi connectivity index (χ2n) is 5.22. The first-order valence-electron chi connectivity index (χ1n) is 6.91. The Kier molecular flexibility index (Phi) is 7.84. The fraction of sp³-hybridized carbons (Fsp3) is 0.600. The highest BCUT2D eigenvalue weighted by Crippen LogP contribution is 2.21. The van der Waals surface area contributed by atoms with Crippen LogP contribution in [-0.2, 0) is 0 Å². The van der Waals surface area contributed by atoms with E-state index in [2.05, 4.69) is 42.2 Å². The van der Waals surface area contributed by atoms with Gasteiger partial charge in [0.1, 0.15) is 0 Å². The third kappa shape index (κ3) is 5.74. The number of hydrogen-bond acceptors (Lipinski definition) is 3. The summed E-state index contributed by atoms with van der Waals surface area (Å²) in [5.74, 6) is 1.87. The molecule has 4 heteroatoms. The van der Waals surface area contributed by atoms with Gasteiger partial charge in [-0.25, -0.2) is 0 Å². The highest BCUT2D eigenvalue weighted by Gasteiger charge is 2.22. The van der Waals surface area contributed by atoms with E-state index >= 15 is 0 Å². The fourth-order valence-electron chi connectivity index (χ4n) is 2.53. The van der Waals surface area contributed by atoms with E-state index < -0.39 is 0 Å². The lowest BCUT2D eigenvalue weighted by molar-refractivity contribution is 0.169. The summed E-state index contributed by atoms with van der Waals surface area (Å²) in [4.78, 5) is 3.95. The van der Waals surface area contributed by atoms with E-state index in [-0.39, 0.29) is 12.4 Å². The third-order valence-electron chi connectivity index (χ3n) is 3.70. The SMILES string of the molecule is CC(N)C1CCCN(CCSc2ccccc2)C1.Cl. The minimum atomic E-state index is 0. The van der Waals surface area contributed by atoms with Crippen molar-refractivity contribution < 1.29 is 0 Å². The summed E-state index contributed by atoms with van der Waals surface area (Å²) in [6, 6.07) is 11.0. The van der Waals surface area contributed by atoms with Gasteiger partial charge in [-0.1, -0.05) is 18.2 Å². The van der Waals surface area contributed by atoms with Crippen LogP contribution in [0.25, 0.3) is 0 Å². The van der Waals surface area contributed by atoms with Gasteiger partial charge in [-0.2, -0.15) is 0 Å². The molecule has 2 unspecified atom stereocenters. The Morgan fingerprint density at radius 2 is 2.11 bits per heavy atom. The fourth-order valence-corrected chi connectivity index (χ4v) is 3.47. The number of halogens is 1. The number of benzene rings is 1. The van der Waals surface area contributed by atoms with Crippen molar-refractivity contribution in [3.05, 3.63) is 30.3 Å². The second kappa shape index (κ2) is 8.85. The van der Waals surface area contributed by atoms with E-state index in [1.54, 1.807) is 0 Å². The molecule has 2 N–H and O–H groups in total. The first kappa shape index (κ1) is 16.8. The quantitative estimate of drug-likeness (QED) is 0.846. The maximum atomic E-state index is 6.02. The van der Waals surface area contributed by atoms with Crippen LogP contribution in [0.5, 0.6) is 0 Å². The smallest absolute Gasteiger partial charge is 0.0108 e. The predicted molar refractivity (Wildman–Crippen MR) is 87.2 cm³/mol. The monoisotopic (exact) mass is 300 g/mol. The van der Waals surface area contributed by atoms with Gasteiger partial charge in [-0.05, 0) is 44.4 Å². The van der Waals surface area contributed by atoms with Crippen molar-refractivity contribution in [3.63, 3.8) is 0 Å². The number of nitrogens with two attached hydrogens (primary N) is 1. The minimum Gasteiger partial charge on any atom is -0.328 e. The summed E-state index contributed by atoms with van der Waals surface area (Å²) in [6.07, 6.45) is 2.61. The Hall–Kier alpha value is -0.220. The standard InChI is InChI=1S/C15H24N2S.ClH/c1-13(16)14-6-5-9-17(12-14)10-11-18-15-7-3-2-4-8-15;/h2-4,7-8,13-14H,5-6,9-12,16H2,1H3;1H. The number of piperidine rings is 1. The molecular weight excluding hydrogens is 276 g/mol. The molecule has 0 aromatic heterocycles. The van der Waals surface area contributed by atoms with Crippen LogP contribution in [-0.4, -0.2) is 36.3 Å². The Morgan fingerprint density at radius 1 is 1.37 bits per heavy atom. The molecule has 0 saturated carbocycles. The molecule has 2 atom stereocenters. The maximum absolute atomic E-state index is 6.02. The first-order valence-corrected chi connectivity index (χ1v) is 7.90. The Labute approximate surface area is 127 Å². The molecule has 0 radical (unpaired) electrons. The van der Waals surface area contributed by atoms with Gasteiger partial charge in [-0.3, -0.25) is 0 Å². The van der Waals surface area contributed by atoms with Gasteiger partial charge in [0.15, 0.2) is 0 Å². The molecule has 0 aliphatic carbocycles. The van der Waals surface area contributed by atoms with E-state index in [0.717, 1.165) is 0 Å². The largest absolute Gasteiger partial charge is 0.328 e. The third-order valence-corrected chi connectivity index (χ3v) is 4.70.